The standard InChI is InChI=1S/C21H15F7N4O/c22-16-5-3-1-2-4-12(8-16)17(18(29)33)10-32-11-30-19(31-32)13-6-14(20(23,24)25)9-15(7-13)21(26,27)28/h1-2,4,6-11H,3,5H2,(H2,29,33)/b2-1?,12-4?,16-8?,17-10+. The Bertz CT molecular complexity index is 1150. The van der Waals surface area contributed by atoms with Crippen molar-refractivity contribution in [1.29, 1.82) is 0 Å². The predicted molar refractivity (Wildman–Crippen MR) is 105 cm³/mol. The lowest BCUT2D eigenvalue weighted by Crippen LogP contribution is -2.16. The highest BCUT2D eigenvalue weighted by Crippen LogP contribution is 2.38. The molecule has 1 heterocycles. The SMILES string of the molecule is NC(=O)/C(=C/n1cnc(-c2cc(C(F)(F)F)cc(C(F)(F)F)c2)n1)C1=CC=CCCC(F)=C1. The van der Waals surface area contributed by atoms with Gasteiger partial charge in [0.15, 0.2) is 5.82 Å². The first-order chi connectivity index (χ1) is 15.3. The van der Waals surface area contributed by atoms with Crippen molar-refractivity contribution in [1.82, 2.24) is 14.8 Å². The molecule has 0 bridgehead atoms. The third kappa shape index (κ3) is 5.96. The number of allylic oxidation sites excluding steroid dienone is 5. The van der Waals surface area contributed by atoms with Gasteiger partial charge < -0.3 is 5.73 Å². The summed E-state index contributed by atoms with van der Waals surface area (Å²) in [7, 11) is 0. The molecule has 1 aliphatic carbocycles. The van der Waals surface area contributed by atoms with E-state index < -0.39 is 46.6 Å². The Labute approximate surface area is 182 Å². The molecule has 1 aromatic heterocycles. The van der Waals surface area contributed by atoms with Crippen molar-refractivity contribution >= 4 is 12.1 Å². The first-order valence-corrected chi connectivity index (χ1v) is 9.30. The number of rotatable bonds is 4. The first kappa shape index (κ1) is 24.0. The Balaban J connectivity index is 2.06. The number of carbonyl (C=O) groups excluding carboxylic acids is 1. The molecule has 2 N–H and O–H groups in total. The minimum absolute atomic E-state index is 0.0128. The van der Waals surface area contributed by atoms with Gasteiger partial charge in [0, 0.05) is 18.2 Å². The van der Waals surface area contributed by atoms with Crippen molar-refractivity contribution in [2.75, 3.05) is 0 Å². The van der Waals surface area contributed by atoms with Crippen LogP contribution in [-0.4, -0.2) is 20.7 Å². The lowest BCUT2D eigenvalue weighted by atomic mass is 10.0. The molecule has 0 spiro atoms. The van der Waals surface area contributed by atoms with Crippen LogP contribution in [0, 0.1) is 0 Å². The second-order valence-electron chi connectivity index (χ2n) is 6.93. The molecular formula is C21H15F7N4O. The van der Waals surface area contributed by atoms with E-state index in [1.165, 1.54) is 6.08 Å². The number of primary amides is 1. The number of halogens is 7. The van der Waals surface area contributed by atoms with E-state index in [9.17, 15) is 35.5 Å². The number of carbonyl (C=O) groups is 1. The van der Waals surface area contributed by atoms with Crippen molar-refractivity contribution in [2.24, 2.45) is 5.73 Å². The maximum atomic E-state index is 13.9. The number of nitrogens with zero attached hydrogens (tertiary/aromatic N) is 3. The zero-order valence-electron chi connectivity index (χ0n) is 16.6. The van der Waals surface area contributed by atoms with Crippen molar-refractivity contribution in [3.05, 3.63) is 76.9 Å². The van der Waals surface area contributed by atoms with Gasteiger partial charge in [-0.1, -0.05) is 18.2 Å². The van der Waals surface area contributed by atoms with Crippen LogP contribution in [0.25, 0.3) is 17.6 Å². The second kappa shape index (κ2) is 9.04. The van der Waals surface area contributed by atoms with Gasteiger partial charge in [-0.2, -0.15) is 26.3 Å². The van der Waals surface area contributed by atoms with Crippen LogP contribution in [0.1, 0.15) is 24.0 Å². The molecule has 3 rings (SSSR count). The molecule has 33 heavy (non-hydrogen) atoms. The van der Waals surface area contributed by atoms with Gasteiger partial charge in [-0.15, -0.1) is 5.10 Å². The van der Waals surface area contributed by atoms with Gasteiger partial charge in [0.05, 0.1) is 16.7 Å². The number of amides is 1. The highest BCUT2D eigenvalue weighted by molar-refractivity contribution is 6.00. The molecule has 0 fully saturated rings. The summed E-state index contributed by atoms with van der Waals surface area (Å²) in [5.41, 5.74) is 1.69. The number of hydrogen-bond acceptors (Lipinski definition) is 3. The van der Waals surface area contributed by atoms with Crippen molar-refractivity contribution in [2.45, 2.75) is 25.2 Å². The topological polar surface area (TPSA) is 73.8 Å². The maximum absolute atomic E-state index is 13.9. The monoisotopic (exact) mass is 472 g/mol. The number of benzene rings is 1. The van der Waals surface area contributed by atoms with Gasteiger partial charge in [-0.3, -0.25) is 4.79 Å². The van der Waals surface area contributed by atoms with Gasteiger partial charge in [-0.05, 0) is 36.3 Å². The van der Waals surface area contributed by atoms with Gasteiger partial charge >= 0.3 is 12.4 Å². The van der Waals surface area contributed by atoms with E-state index in [2.05, 4.69) is 10.1 Å². The third-order valence-electron chi connectivity index (χ3n) is 4.47. The van der Waals surface area contributed by atoms with E-state index in [-0.39, 0.29) is 23.6 Å². The minimum Gasteiger partial charge on any atom is -0.366 e. The van der Waals surface area contributed by atoms with Crippen LogP contribution >= 0.6 is 0 Å². The zero-order valence-corrected chi connectivity index (χ0v) is 16.6. The van der Waals surface area contributed by atoms with Crippen LogP contribution in [0.2, 0.25) is 0 Å². The molecule has 12 heteroatoms. The summed E-state index contributed by atoms with van der Waals surface area (Å²) in [5.74, 6) is -1.93. The summed E-state index contributed by atoms with van der Waals surface area (Å²) in [4.78, 5) is 15.7. The van der Waals surface area contributed by atoms with Crippen molar-refractivity contribution in [3.63, 3.8) is 0 Å². The molecule has 1 aromatic carbocycles. The molecule has 1 amide bonds. The molecule has 0 aliphatic heterocycles. The molecule has 174 valence electrons. The van der Waals surface area contributed by atoms with Gasteiger partial charge in [0.1, 0.15) is 12.2 Å². The molecule has 0 saturated heterocycles. The van der Waals surface area contributed by atoms with E-state index in [0.29, 0.717) is 18.6 Å². The van der Waals surface area contributed by atoms with Crippen molar-refractivity contribution in [3.8, 4) is 11.4 Å². The van der Waals surface area contributed by atoms with Crippen LogP contribution in [0.5, 0.6) is 0 Å². The maximum Gasteiger partial charge on any atom is 0.416 e. The zero-order chi connectivity index (χ0) is 24.4. The van der Waals surface area contributed by atoms with Crippen LogP contribution in [0.3, 0.4) is 0 Å². The fourth-order valence-electron chi connectivity index (χ4n) is 2.91. The van der Waals surface area contributed by atoms with Crippen LogP contribution in [0.15, 0.2) is 65.8 Å². The van der Waals surface area contributed by atoms with Gasteiger partial charge in [-0.25, -0.2) is 14.1 Å². The Morgan fingerprint density at radius 3 is 2.27 bits per heavy atom. The largest absolute Gasteiger partial charge is 0.416 e. The summed E-state index contributed by atoms with van der Waals surface area (Å²) in [6.07, 6.45) is -1.73. The van der Waals surface area contributed by atoms with Crippen molar-refractivity contribution < 1.29 is 35.5 Å². The van der Waals surface area contributed by atoms with E-state index >= 15 is 0 Å². The average Bonchev–Trinajstić information content (AvgIpc) is 3.16. The Morgan fingerprint density at radius 2 is 1.70 bits per heavy atom. The van der Waals surface area contributed by atoms with Crippen LogP contribution in [0.4, 0.5) is 30.7 Å². The molecule has 2 aromatic rings. The van der Waals surface area contributed by atoms with E-state index in [1.54, 1.807) is 12.2 Å². The smallest absolute Gasteiger partial charge is 0.366 e. The number of aromatic nitrogens is 3. The lowest BCUT2D eigenvalue weighted by Gasteiger charge is -2.13. The Morgan fingerprint density at radius 1 is 1.06 bits per heavy atom. The van der Waals surface area contributed by atoms with Gasteiger partial charge in [0.2, 0.25) is 0 Å². The normalized spacial score (nSPS) is 15.5. The fraction of sp³-hybridized carbons (Fsp3) is 0.190. The number of hydrogen-bond donors (Lipinski definition) is 1. The van der Waals surface area contributed by atoms with E-state index in [4.69, 9.17) is 5.73 Å². The van der Waals surface area contributed by atoms with Crippen LogP contribution in [-0.2, 0) is 17.1 Å². The third-order valence-corrected chi connectivity index (χ3v) is 4.47. The lowest BCUT2D eigenvalue weighted by molar-refractivity contribution is -0.143. The molecule has 0 radical (unpaired) electrons. The summed E-state index contributed by atoms with van der Waals surface area (Å²) in [5, 5.41) is 3.83. The molecule has 5 nitrogen and oxygen atoms in total. The Hall–Kier alpha value is -3.70. The number of alkyl halides is 6. The summed E-state index contributed by atoms with van der Waals surface area (Å²) >= 11 is 0. The highest BCUT2D eigenvalue weighted by atomic mass is 19.4. The quantitative estimate of drug-likeness (QED) is 0.476. The molecule has 1 aliphatic rings. The van der Waals surface area contributed by atoms with E-state index in [1.807, 2.05) is 0 Å². The molecule has 0 unspecified atom stereocenters. The fourth-order valence-corrected chi connectivity index (χ4v) is 2.91. The Kier molecular flexibility index (Phi) is 6.56. The summed E-state index contributed by atoms with van der Waals surface area (Å²) in [6, 6.07) is 0.947. The minimum atomic E-state index is -5.04. The molecule has 0 atom stereocenters. The van der Waals surface area contributed by atoms with Gasteiger partial charge in [0.25, 0.3) is 5.91 Å². The molecule has 0 saturated carbocycles. The second-order valence-corrected chi connectivity index (χ2v) is 6.93. The first-order valence-electron chi connectivity index (χ1n) is 9.30. The molecular weight excluding hydrogens is 457 g/mol. The summed E-state index contributed by atoms with van der Waals surface area (Å²) < 4.78 is 93.4. The predicted octanol–water partition coefficient (Wildman–Crippen LogP) is 5.44. The van der Waals surface area contributed by atoms with Crippen LogP contribution < -0.4 is 5.73 Å². The van der Waals surface area contributed by atoms with E-state index in [0.717, 1.165) is 23.3 Å². The number of nitrogens with two attached hydrogens (primary N) is 1. The highest BCUT2D eigenvalue weighted by Gasteiger charge is 2.37. The summed E-state index contributed by atoms with van der Waals surface area (Å²) in [6.45, 7) is 0. The average molecular weight is 472 g/mol.